The van der Waals surface area contributed by atoms with E-state index in [1.165, 1.54) is 70.6 Å². The van der Waals surface area contributed by atoms with Crippen LogP contribution in [0.25, 0.3) is 0 Å². The predicted octanol–water partition coefficient (Wildman–Crippen LogP) is 4.74. The Kier molecular flexibility index (Phi) is 17.7. The molecular formula is C18H36O5Si. The maximum absolute atomic E-state index is 10.4. The first kappa shape index (κ1) is 23.1. The molecule has 0 spiro atoms. The van der Waals surface area contributed by atoms with Gasteiger partial charge in [-0.25, -0.2) is 0 Å². The number of unbranched alkanes of at least 4 members (excludes halogenated alkanes) is 14. The third kappa shape index (κ3) is 21.1. The Morgan fingerprint density at radius 2 is 1.00 bits per heavy atom. The molecule has 0 aromatic carbocycles. The summed E-state index contributed by atoms with van der Waals surface area (Å²) in [6, 6.07) is 0. The third-order valence-electron chi connectivity index (χ3n) is 4.26. The van der Waals surface area contributed by atoms with Crippen LogP contribution in [0.4, 0.5) is 0 Å². The van der Waals surface area contributed by atoms with Crippen molar-refractivity contribution in [2.45, 2.75) is 103 Å². The van der Waals surface area contributed by atoms with Gasteiger partial charge in [-0.2, -0.15) is 0 Å². The molecule has 0 unspecified atom stereocenters. The summed E-state index contributed by atoms with van der Waals surface area (Å²) in [5.74, 6) is -0.677. The van der Waals surface area contributed by atoms with Crippen molar-refractivity contribution in [1.82, 2.24) is 0 Å². The van der Waals surface area contributed by atoms with Crippen LogP contribution < -0.4 is 0 Å². The lowest BCUT2D eigenvalue weighted by atomic mass is 10.0. The Hall–Kier alpha value is -0.913. The number of hydrogen-bond donors (Lipinski definition) is 2. The van der Waals surface area contributed by atoms with Crippen molar-refractivity contribution in [2.24, 2.45) is 0 Å². The van der Waals surface area contributed by atoms with Crippen LogP contribution in [0.2, 0.25) is 0 Å². The first-order chi connectivity index (χ1) is 11.6. The first-order valence-corrected chi connectivity index (χ1v) is 11.0. The van der Waals surface area contributed by atoms with E-state index in [1.807, 2.05) is 0 Å². The van der Waals surface area contributed by atoms with Gasteiger partial charge in [-0.05, 0) is 12.8 Å². The van der Waals surface area contributed by atoms with Gasteiger partial charge in [0.15, 0.2) is 0 Å². The molecule has 24 heavy (non-hydrogen) atoms. The smallest absolute Gasteiger partial charge is 0.511 e. The van der Waals surface area contributed by atoms with Gasteiger partial charge >= 0.3 is 15.1 Å². The molecule has 0 aliphatic rings. The fraction of sp³-hybridized carbons (Fsp3) is 0.944. The second-order valence-electron chi connectivity index (χ2n) is 6.56. The summed E-state index contributed by atoms with van der Waals surface area (Å²) in [6.45, 7) is 0.411. The molecule has 0 bridgehead atoms. The molecule has 0 aliphatic heterocycles. The largest absolute Gasteiger partial charge is 0.764 e. The minimum Gasteiger partial charge on any atom is -0.511 e. The summed E-state index contributed by atoms with van der Waals surface area (Å²) in [5.41, 5.74) is 0. The van der Waals surface area contributed by atoms with E-state index in [9.17, 15) is 9.26 Å². The summed E-state index contributed by atoms with van der Waals surface area (Å²) >= 11 is 0. The van der Waals surface area contributed by atoms with Gasteiger partial charge in [-0.15, -0.1) is 0 Å². The average Bonchev–Trinajstić information content (AvgIpc) is 2.53. The van der Waals surface area contributed by atoms with Gasteiger partial charge in [0.2, 0.25) is 0 Å². The number of carboxylic acids is 1. The van der Waals surface area contributed by atoms with E-state index in [0.29, 0.717) is 13.0 Å². The maximum atomic E-state index is 10.4. The second kappa shape index (κ2) is 18.4. The molecule has 6 heteroatoms. The molecule has 0 heterocycles. The van der Waals surface area contributed by atoms with Crippen molar-refractivity contribution < 1.29 is 23.6 Å². The minimum absolute atomic E-state index is 0.318. The van der Waals surface area contributed by atoms with Gasteiger partial charge in [0.1, 0.15) is 0 Å². The quantitative estimate of drug-likeness (QED) is 0.257. The lowest BCUT2D eigenvalue weighted by Crippen LogP contribution is -2.06. The van der Waals surface area contributed by atoms with Crippen LogP contribution in [-0.2, 0) is 13.7 Å². The van der Waals surface area contributed by atoms with Crippen LogP contribution >= 0.6 is 0 Å². The number of carbonyl (C=O) groups is 1. The van der Waals surface area contributed by atoms with Gasteiger partial charge in [0.25, 0.3) is 0 Å². The second-order valence-corrected chi connectivity index (χ2v) is 7.38. The molecule has 0 fully saturated rings. The Morgan fingerprint density at radius 1 is 0.667 bits per heavy atom. The zero-order chi connectivity index (χ0) is 17.9. The standard InChI is InChI=1S/C18H36O5Si/c19-18(20)16-14-12-10-8-6-4-2-1-3-5-7-9-11-13-15-17-23-24(21)22/h21H,1-17H2,(H,19,20). The third-order valence-corrected chi connectivity index (χ3v) is 4.71. The van der Waals surface area contributed by atoms with E-state index in [0.717, 1.165) is 25.7 Å². The summed E-state index contributed by atoms with van der Waals surface area (Å²) in [6.07, 6.45) is 18.2. The highest BCUT2D eigenvalue weighted by Gasteiger charge is 2.01. The van der Waals surface area contributed by atoms with E-state index in [-0.39, 0.29) is 0 Å². The SMILES string of the molecule is O=C(O)CCCCCCCCCCCCCCCCCO[Si](=O)O. The average molecular weight is 361 g/mol. The summed E-state index contributed by atoms with van der Waals surface area (Å²) in [7, 11) is -2.73. The van der Waals surface area contributed by atoms with E-state index in [2.05, 4.69) is 4.43 Å². The molecule has 2 N–H and O–H groups in total. The summed E-state index contributed by atoms with van der Waals surface area (Å²) < 4.78 is 15.0. The van der Waals surface area contributed by atoms with E-state index >= 15 is 0 Å². The van der Waals surface area contributed by atoms with Crippen LogP contribution in [0.5, 0.6) is 0 Å². The molecular weight excluding hydrogens is 324 g/mol. The lowest BCUT2D eigenvalue weighted by molar-refractivity contribution is -0.137. The van der Waals surface area contributed by atoms with Crippen molar-refractivity contribution in [2.75, 3.05) is 6.61 Å². The zero-order valence-electron chi connectivity index (χ0n) is 15.1. The molecule has 0 aromatic heterocycles. The van der Waals surface area contributed by atoms with Gasteiger partial charge in [-0.1, -0.05) is 83.5 Å². The number of carboxylic acid groups (broad SMARTS) is 1. The maximum Gasteiger partial charge on any atom is 0.764 e. The van der Waals surface area contributed by atoms with E-state index < -0.39 is 15.1 Å². The molecule has 0 atom stereocenters. The molecule has 0 saturated carbocycles. The fourth-order valence-corrected chi connectivity index (χ4v) is 3.15. The highest BCUT2D eigenvalue weighted by atomic mass is 28.3. The molecule has 0 rings (SSSR count). The molecule has 0 amide bonds. The molecule has 5 nitrogen and oxygen atoms in total. The topological polar surface area (TPSA) is 83.8 Å². The van der Waals surface area contributed by atoms with Crippen LogP contribution in [-0.4, -0.2) is 31.6 Å². The lowest BCUT2D eigenvalue weighted by Gasteiger charge is -2.03. The number of hydrogen-bond acceptors (Lipinski definition) is 3. The summed E-state index contributed by atoms with van der Waals surface area (Å²) in [5, 5.41) is 8.53. The monoisotopic (exact) mass is 360 g/mol. The Morgan fingerprint density at radius 3 is 1.33 bits per heavy atom. The van der Waals surface area contributed by atoms with Crippen molar-refractivity contribution in [3.63, 3.8) is 0 Å². The van der Waals surface area contributed by atoms with E-state index in [1.54, 1.807) is 0 Å². The van der Waals surface area contributed by atoms with Crippen molar-refractivity contribution in [3.8, 4) is 0 Å². The normalized spacial score (nSPS) is 10.7. The van der Waals surface area contributed by atoms with Crippen LogP contribution in [0.3, 0.4) is 0 Å². The van der Waals surface area contributed by atoms with Crippen LogP contribution in [0, 0.1) is 0 Å². The van der Waals surface area contributed by atoms with Crippen LogP contribution in [0.1, 0.15) is 103 Å². The van der Waals surface area contributed by atoms with Crippen molar-refractivity contribution >= 4 is 15.1 Å². The van der Waals surface area contributed by atoms with Gasteiger partial charge < -0.3 is 14.3 Å². The molecule has 0 radical (unpaired) electrons. The highest BCUT2D eigenvalue weighted by Crippen LogP contribution is 2.13. The van der Waals surface area contributed by atoms with Crippen molar-refractivity contribution in [3.05, 3.63) is 0 Å². The highest BCUT2D eigenvalue weighted by molar-refractivity contribution is 6.24. The predicted molar refractivity (Wildman–Crippen MR) is 96.1 cm³/mol. The first-order valence-electron chi connectivity index (χ1n) is 9.70. The Balaban J connectivity index is 3.00. The van der Waals surface area contributed by atoms with Crippen molar-refractivity contribution in [1.29, 1.82) is 0 Å². The number of aliphatic carboxylic acids is 1. The van der Waals surface area contributed by atoms with Gasteiger partial charge in [0.05, 0.1) is 6.61 Å². The Bertz CT molecular complexity index is 280. The molecule has 0 saturated heterocycles. The molecule has 142 valence electrons. The summed E-state index contributed by atoms with van der Waals surface area (Å²) in [4.78, 5) is 18.9. The minimum atomic E-state index is -2.73. The van der Waals surface area contributed by atoms with Gasteiger partial charge in [-0.3, -0.25) is 9.26 Å². The fourth-order valence-electron chi connectivity index (χ4n) is 2.84. The number of rotatable bonds is 19. The van der Waals surface area contributed by atoms with Gasteiger partial charge in [0, 0.05) is 6.42 Å². The molecule has 0 aliphatic carbocycles. The zero-order valence-corrected chi connectivity index (χ0v) is 16.1. The van der Waals surface area contributed by atoms with Crippen LogP contribution in [0.15, 0.2) is 0 Å². The molecule has 0 aromatic rings. The van der Waals surface area contributed by atoms with E-state index in [4.69, 9.17) is 9.90 Å². The Labute approximate surface area is 148 Å².